The number of aryl methyl sites for hydroxylation is 1. The van der Waals surface area contributed by atoms with Crippen LogP contribution in [-0.4, -0.2) is 26.9 Å². The predicted octanol–water partition coefficient (Wildman–Crippen LogP) is 2.61. The highest BCUT2D eigenvalue weighted by atomic mass is 32.2. The van der Waals surface area contributed by atoms with Crippen LogP contribution < -0.4 is 9.47 Å². The summed E-state index contributed by atoms with van der Waals surface area (Å²) in [4.78, 5) is 0.315. The van der Waals surface area contributed by atoms with E-state index in [4.69, 9.17) is 9.47 Å². The number of para-hydroxylation sites is 2. The normalized spacial score (nSPS) is 17.5. The third kappa shape index (κ3) is 3.03. The summed E-state index contributed by atoms with van der Waals surface area (Å²) in [7, 11) is -3.38. The van der Waals surface area contributed by atoms with Gasteiger partial charge in [-0.15, -0.1) is 0 Å². The van der Waals surface area contributed by atoms with Gasteiger partial charge in [-0.25, -0.2) is 8.42 Å². The van der Waals surface area contributed by atoms with Gasteiger partial charge in [0.25, 0.3) is 0 Å². The van der Waals surface area contributed by atoms with E-state index in [2.05, 4.69) is 0 Å². The number of benzene rings is 2. The summed E-state index contributed by atoms with van der Waals surface area (Å²) in [6, 6.07) is 14.1. The molecule has 1 heterocycles. The van der Waals surface area contributed by atoms with E-state index in [0.717, 1.165) is 5.56 Å². The Morgan fingerprint density at radius 3 is 2.43 bits per heavy atom. The number of rotatable bonds is 3. The van der Waals surface area contributed by atoms with Crippen LogP contribution in [0.4, 0.5) is 0 Å². The number of fused-ring (bicyclic) bond motifs is 1. The number of sulfone groups is 1. The highest BCUT2D eigenvalue weighted by Gasteiger charge is 2.27. The highest BCUT2D eigenvalue weighted by molar-refractivity contribution is 7.91. The van der Waals surface area contributed by atoms with Gasteiger partial charge in [-0.05, 0) is 31.2 Å². The van der Waals surface area contributed by atoms with Crippen molar-refractivity contribution in [3.8, 4) is 11.5 Å². The monoisotopic (exact) mass is 304 g/mol. The van der Waals surface area contributed by atoms with Gasteiger partial charge in [-0.2, -0.15) is 0 Å². The molecule has 0 saturated heterocycles. The van der Waals surface area contributed by atoms with Crippen LogP contribution in [0, 0.1) is 6.92 Å². The Bertz CT molecular complexity index is 735. The van der Waals surface area contributed by atoms with Crippen molar-refractivity contribution in [2.75, 3.05) is 12.4 Å². The largest absolute Gasteiger partial charge is 0.486 e. The smallest absolute Gasteiger partial charge is 0.182 e. The molecule has 0 N–H and O–H groups in total. The molecule has 0 amide bonds. The summed E-state index contributed by atoms with van der Waals surface area (Å²) in [6.45, 7) is 2.16. The Hall–Kier alpha value is -2.01. The molecule has 0 aromatic heterocycles. The van der Waals surface area contributed by atoms with Crippen LogP contribution in [0.2, 0.25) is 0 Å². The molecule has 1 atom stereocenters. The zero-order valence-corrected chi connectivity index (χ0v) is 12.5. The molecule has 0 bridgehead atoms. The van der Waals surface area contributed by atoms with E-state index in [9.17, 15) is 8.42 Å². The number of hydrogen-bond acceptors (Lipinski definition) is 4. The van der Waals surface area contributed by atoms with Crippen LogP contribution in [0.25, 0.3) is 0 Å². The average molecular weight is 304 g/mol. The molecule has 2 aromatic rings. The molecule has 21 heavy (non-hydrogen) atoms. The molecule has 110 valence electrons. The Morgan fingerprint density at radius 1 is 1.05 bits per heavy atom. The van der Waals surface area contributed by atoms with Crippen LogP contribution in [0.1, 0.15) is 5.56 Å². The van der Waals surface area contributed by atoms with Gasteiger partial charge in [0.1, 0.15) is 12.7 Å². The Kier molecular flexibility index (Phi) is 3.59. The summed E-state index contributed by atoms with van der Waals surface area (Å²) in [6.07, 6.45) is -0.494. The minimum atomic E-state index is -3.38. The second-order valence-corrected chi connectivity index (χ2v) is 7.13. The first kappa shape index (κ1) is 13.9. The van der Waals surface area contributed by atoms with Crippen molar-refractivity contribution in [2.24, 2.45) is 0 Å². The molecule has 1 aliphatic rings. The van der Waals surface area contributed by atoms with Crippen molar-refractivity contribution in [3.63, 3.8) is 0 Å². The molecule has 1 unspecified atom stereocenters. The van der Waals surface area contributed by atoms with E-state index in [1.165, 1.54) is 0 Å². The Labute approximate surface area is 124 Å². The molecule has 0 saturated carbocycles. The molecular weight excluding hydrogens is 288 g/mol. The fourth-order valence-corrected chi connectivity index (χ4v) is 3.63. The summed E-state index contributed by atoms with van der Waals surface area (Å²) < 4.78 is 36.0. The van der Waals surface area contributed by atoms with Crippen LogP contribution >= 0.6 is 0 Å². The molecule has 0 spiro atoms. The lowest BCUT2D eigenvalue weighted by atomic mass is 10.2. The van der Waals surface area contributed by atoms with Gasteiger partial charge in [0.2, 0.25) is 0 Å². The van der Waals surface area contributed by atoms with E-state index >= 15 is 0 Å². The molecular formula is C16H16O4S. The van der Waals surface area contributed by atoms with Crippen LogP contribution in [0.3, 0.4) is 0 Å². The SMILES string of the molecule is Cc1ccc(S(=O)(=O)CC2COc3ccccc3O2)cc1. The second kappa shape index (κ2) is 5.41. The topological polar surface area (TPSA) is 52.6 Å². The van der Waals surface area contributed by atoms with Crippen molar-refractivity contribution in [1.29, 1.82) is 0 Å². The summed E-state index contributed by atoms with van der Waals surface area (Å²) in [5.41, 5.74) is 1.03. The number of hydrogen-bond donors (Lipinski definition) is 0. The quantitative estimate of drug-likeness (QED) is 0.874. The molecule has 3 rings (SSSR count). The zero-order chi connectivity index (χ0) is 14.9. The lowest BCUT2D eigenvalue weighted by Gasteiger charge is -2.26. The van der Waals surface area contributed by atoms with Crippen molar-refractivity contribution < 1.29 is 17.9 Å². The van der Waals surface area contributed by atoms with E-state index in [0.29, 0.717) is 16.4 Å². The summed E-state index contributed by atoms with van der Waals surface area (Å²) in [5, 5.41) is 0. The van der Waals surface area contributed by atoms with Crippen molar-refractivity contribution in [1.82, 2.24) is 0 Å². The average Bonchev–Trinajstić information content (AvgIpc) is 2.47. The molecule has 0 fully saturated rings. The zero-order valence-electron chi connectivity index (χ0n) is 11.7. The first-order valence-electron chi connectivity index (χ1n) is 6.72. The van der Waals surface area contributed by atoms with Gasteiger partial charge in [0.05, 0.1) is 10.6 Å². The second-order valence-electron chi connectivity index (χ2n) is 5.09. The van der Waals surface area contributed by atoms with E-state index < -0.39 is 15.9 Å². The summed E-state index contributed by atoms with van der Waals surface area (Å²) in [5.74, 6) is 1.15. The molecule has 1 aliphatic heterocycles. The fraction of sp³-hybridized carbons (Fsp3) is 0.250. The molecule has 0 aliphatic carbocycles. The predicted molar refractivity (Wildman–Crippen MR) is 79.6 cm³/mol. The van der Waals surface area contributed by atoms with Crippen LogP contribution in [0.15, 0.2) is 53.4 Å². The lowest BCUT2D eigenvalue weighted by Crippen LogP contribution is -2.35. The van der Waals surface area contributed by atoms with Gasteiger partial charge in [0.15, 0.2) is 21.3 Å². The first-order chi connectivity index (χ1) is 10.0. The van der Waals surface area contributed by atoms with Crippen molar-refractivity contribution >= 4 is 9.84 Å². The maximum absolute atomic E-state index is 12.4. The maximum atomic E-state index is 12.4. The number of ether oxygens (including phenoxy) is 2. The minimum Gasteiger partial charge on any atom is -0.486 e. The van der Waals surface area contributed by atoms with Gasteiger partial charge >= 0.3 is 0 Å². The van der Waals surface area contributed by atoms with E-state index in [-0.39, 0.29) is 12.4 Å². The van der Waals surface area contributed by atoms with E-state index in [1.54, 1.807) is 36.4 Å². The first-order valence-corrected chi connectivity index (χ1v) is 8.38. The van der Waals surface area contributed by atoms with Gasteiger partial charge < -0.3 is 9.47 Å². The molecule has 2 aromatic carbocycles. The summed E-state index contributed by atoms with van der Waals surface area (Å²) >= 11 is 0. The standard InChI is InChI=1S/C16H16O4S/c1-12-6-8-14(9-7-12)21(17,18)11-13-10-19-15-4-2-3-5-16(15)20-13/h2-9,13H,10-11H2,1H3. The maximum Gasteiger partial charge on any atom is 0.182 e. The third-order valence-electron chi connectivity index (χ3n) is 3.35. The van der Waals surface area contributed by atoms with Crippen LogP contribution in [-0.2, 0) is 9.84 Å². The molecule has 0 radical (unpaired) electrons. The lowest BCUT2D eigenvalue weighted by molar-refractivity contribution is 0.106. The van der Waals surface area contributed by atoms with E-state index in [1.807, 2.05) is 19.1 Å². The van der Waals surface area contributed by atoms with Gasteiger partial charge in [-0.1, -0.05) is 29.8 Å². The minimum absolute atomic E-state index is 0.0929. The molecule has 5 heteroatoms. The van der Waals surface area contributed by atoms with Crippen LogP contribution in [0.5, 0.6) is 11.5 Å². The fourth-order valence-electron chi connectivity index (χ4n) is 2.23. The Morgan fingerprint density at radius 2 is 1.71 bits per heavy atom. The molecule has 4 nitrogen and oxygen atoms in total. The Balaban J connectivity index is 1.77. The highest BCUT2D eigenvalue weighted by Crippen LogP contribution is 2.31. The van der Waals surface area contributed by atoms with Gasteiger partial charge in [0, 0.05) is 0 Å². The third-order valence-corrected chi connectivity index (χ3v) is 5.15. The van der Waals surface area contributed by atoms with Crippen molar-refractivity contribution in [3.05, 3.63) is 54.1 Å². The van der Waals surface area contributed by atoms with Gasteiger partial charge in [-0.3, -0.25) is 0 Å². The van der Waals surface area contributed by atoms with Crippen molar-refractivity contribution in [2.45, 2.75) is 17.9 Å².